The number of halogens is 2. The van der Waals surface area contributed by atoms with Gasteiger partial charge in [-0.1, -0.05) is 6.92 Å². The molecule has 206 valence electrons. The lowest BCUT2D eigenvalue weighted by Gasteiger charge is -2.37. The zero-order valence-electron chi connectivity index (χ0n) is 21.9. The molecule has 1 aliphatic rings. The van der Waals surface area contributed by atoms with E-state index in [1.165, 1.54) is 12.1 Å². The number of hydrogen-bond acceptors (Lipinski definition) is 9. The van der Waals surface area contributed by atoms with Gasteiger partial charge >= 0.3 is 0 Å². The van der Waals surface area contributed by atoms with E-state index in [2.05, 4.69) is 26.9 Å². The molecule has 3 heterocycles. The Bertz CT molecular complexity index is 1190. The molecule has 1 fully saturated rings. The number of anilines is 3. The van der Waals surface area contributed by atoms with E-state index in [0.29, 0.717) is 49.4 Å². The van der Waals surface area contributed by atoms with Crippen molar-refractivity contribution in [1.82, 2.24) is 24.6 Å². The number of nitrogens with two attached hydrogens (primary N) is 1. The van der Waals surface area contributed by atoms with E-state index in [1.807, 2.05) is 18.0 Å². The van der Waals surface area contributed by atoms with Crippen LogP contribution in [-0.4, -0.2) is 93.9 Å². The maximum atomic E-state index is 13.6. The van der Waals surface area contributed by atoms with Crippen LogP contribution in [0, 0.1) is 24.5 Å². The van der Waals surface area contributed by atoms with Crippen LogP contribution < -0.4 is 15.5 Å². The first-order chi connectivity index (χ1) is 18.3. The topological polar surface area (TPSA) is 120 Å². The van der Waals surface area contributed by atoms with Crippen LogP contribution >= 0.6 is 0 Å². The van der Waals surface area contributed by atoms with Crippen LogP contribution in [0.2, 0.25) is 0 Å². The Kier molecular flexibility index (Phi) is 9.08. The van der Waals surface area contributed by atoms with Crippen molar-refractivity contribution >= 4 is 17.5 Å². The Balaban J connectivity index is 1.37. The molecule has 1 unspecified atom stereocenters. The number of benzene rings is 1. The molecule has 1 saturated heterocycles. The molecule has 4 N–H and O–H groups in total. The third-order valence-electron chi connectivity index (χ3n) is 6.83. The number of hydrogen-bond donors (Lipinski definition) is 3. The third kappa shape index (κ3) is 6.74. The molecule has 4 rings (SSSR count). The number of aliphatic hydroxyl groups is 2. The summed E-state index contributed by atoms with van der Waals surface area (Å²) < 4.78 is 28.9. The summed E-state index contributed by atoms with van der Waals surface area (Å²) in [5, 5.41) is 23.3. The van der Waals surface area contributed by atoms with Gasteiger partial charge in [0.2, 0.25) is 5.95 Å². The van der Waals surface area contributed by atoms with E-state index in [4.69, 9.17) is 5.73 Å². The minimum atomic E-state index is -0.555. The first-order valence-corrected chi connectivity index (χ1v) is 12.9. The Labute approximate surface area is 221 Å². The van der Waals surface area contributed by atoms with Gasteiger partial charge in [0, 0.05) is 69.3 Å². The fourth-order valence-electron chi connectivity index (χ4n) is 4.96. The highest BCUT2D eigenvalue weighted by Gasteiger charge is 2.21. The lowest BCUT2D eigenvalue weighted by atomic mass is 10.0. The van der Waals surface area contributed by atoms with Crippen LogP contribution in [0.1, 0.15) is 18.2 Å². The highest BCUT2D eigenvalue weighted by atomic mass is 19.1. The van der Waals surface area contributed by atoms with Gasteiger partial charge in [0.25, 0.3) is 0 Å². The van der Waals surface area contributed by atoms with Gasteiger partial charge in [0.15, 0.2) is 5.82 Å². The van der Waals surface area contributed by atoms with Crippen LogP contribution in [-0.2, 0) is 6.42 Å². The number of aliphatic hydroxyl groups excluding tert-OH is 2. The zero-order valence-corrected chi connectivity index (χ0v) is 21.9. The number of nitrogens with zero attached hydrogens (tertiary/aromatic N) is 7. The first kappa shape index (κ1) is 27.7. The predicted octanol–water partition coefficient (Wildman–Crippen LogP) is 1.62. The van der Waals surface area contributed by atoms with Gasteiger partial charge in [-0.3, -0.25) is 4.90 Å². The molecule has 0 saturated carbocycles. The molecule has 0 radical (unpaired) electrons. The van der Waals surface area contributed by atoms with Crippen molar-refractivity contribution in [3.8, 4) is 5.82 Å². The normalized spacial score (nSPS) is 15.2. The van der Waals surface area contributed by atoms with Gasteiger partial charge in [0.05, 0.1) is 19.4 Å². The second kappa shape index (κ2) is 12.5. The first-order valence-electron chi connectivity index (χ1n) is 12.9. The maximum Gasteiger partial charge on any atom is 0.224 e. The third-order valence-corrected chi connectivity index (χ3v) is 6.83. The summed E-state index contributed by atoms with van der Waals surface area (Å²) in [5.41, 5.74) is 8.61. The standard InChI is InChI=1S/C26H36F2N8O2/c1-18(17-33-3-5-34(6-4-33)23-13-21(27)12-22(28)14-23)11-20-16-30-36(19(20)2)25-15-24(31-26(29)32-25)35(7-9-37)8-10-38/h12-16,18,37-38H,3-11,17H2,1-2H3,(H2,29,31,32). The summed E-state index contributed by atoms with van der Waals surface area (Å²) in [6.07, 6.45) is 2.68. The summed E-state index contributed by atoms with van der Waals surface area (Å²) >= 11 is 0. The molecule has 0 amide bonds. The lowest BCUT2D eigenvalue weighted by Crippen LogP contribution is -2.47. The van der Waals surface area contributed by atoms with Gasteiger partial charge in [0.1, 0.15) is 17.5 Å². The van der Waals surface area contributed by atoms with Crippen LogP contribution in [0.3, 0.4) is 0 Å². The molecule has 3 aromatic rings. The summed E-state index contributed by atoms with van der Waals surface area (Å²) in [6, 6.07) is 5.41. The molecule has 10 nitrogen and oxygen atoms in total. The van der Waals surface area contributed by atoms with Gasteiger partial charge in [-0.15, -0.1) is 0 Å². The fraction of sp³-hybridized carbons (Fsp3) is 0.500. The van der Waals surface area contributed by atoms with Crippen LogP contribution in [0.4, 0.5) is 26.2 Å². The van der Waals surface area contributed by atoms with Gasteiger partial charge < -0.3 is 25.7 Å². The van der Waals surface area contributed by atoms with Gasteiger partial charge in [-0.25, -0.2) is 13.5 Å². The monoisotopic (exact) mass is 530 g/mol. The van der Waals surface area contributed by atoms with Crippen molar-refractivity contribution in [2.75, 3.05) is 74.6 Å². The second-order valence-electron chi connectivity index (χ2n) is 9.77. The lowest BCUT2D eigenvalue weighted by molar-refractivity contribution is 0.224. The quantitative estimate of drug-likeness (QED) is 0.340. The van der Waals surface area contributed by atoms with E-state index in [-0.39, 0.29) is 19.2 Å². The molecule has 12 heteroatoms. The van der Waals surface area contributed by atoms with E-state index in [9.17, 15) is 19.0 Å². The number of aromatic nitrogens is 4. The van der Waals surface area contributed by atoms with E-state index < -0.39 is 11.6 Å². The molecule has 0 aliphatic carbocycles. The number of piperazine rings is 1. The number of rotatable bonds is 11. The van der Waals surface area contributed by atoms with Crippen molar-refractivity contribution in [3.05, 3.63) is 53.4 Å². The minimum Gasteiger partial charge on any atom is -0.395 e. The molecule has 38 heavy (non-hydrogen) atoms. The zero-order chi connectivity index (χ0) is 27.2. The van der Waals surface area contributed by atoms with Crippen molar-refractivity contribution in [3.63, 3.8) is 0 Å². The summed E-state index contributed by atoms with van der Waals surface area (Å²) in [5.74, 6) is 0.375. The molecule has 0 bridgehead atoms. The van der Waals surface area contributed by atoms with Gasteiger partial charge in [-0.2, -0.15) is 15.1 Å². The maximum absolute atomic E-state index is 13.6. The van der Waals surface area contributed by atoms with E-state index in [0.717, 1.165) is 43.4 Å². The Hall–Kier alpha value is -3.35. The summed E-state index contributed by atoms with van der Waals surface area (Å²) in [6.45, 7) is 8.62. The van der Waals surface area contributed by atoms with Crippen molar-refractivity contribution in [2.45, 2.75) is 20.3 Å². The molecule has 0 spiro atoms. The van der Waals surface area contributed by atoms with E-state index in [1.54, 1.807) is 15.6 Å². The summed E-state index contributed by atoms with van der Waals surface area (Å²) in [4.78, 5) is 14.8. The Morgan fingerprint density at radius 2 is 1.66 bits per heavy atom. The SMILES string of the molecule is Cc1c(CC(C)CN2CCN(c3cc(F)cc(F)c3)CC2)cnn1-c1cc(N(CCO)CCO)nc(N)n1. The van der Waals surface area contributed by atoms with Crippen molar-refractivity contribution in [2.24, 2.45) is 5.92 Å². The Morgan fingerprint density at radius 3 is 2.29 bits per heavy atom. The molecular formula is C26H36F2N8O2. The largest absolute Gasteiger partial charge is 0.395 e. The Morgan fingerprint density at radius 1 is 1.00 bits per heavy atom. The molecule has 2 aromatic heterocycles. The smallest absolute Gasteiger partial charge is 0.224 e. The molecule has 1 atom stereocenters. The van der Waals surface area contributed by atoms with E-state index >= 15 is 0 Å². The van der Waals surface area contributed by atoms with Gasteiger partial charge in [-0.05, 0) is 37.0 Å². The second-order valence-corrected chi connectivity index (χ2v) is 9.77. The molecule has 1 aliphatic heterocycles. The predicted molar refractivity (Wildman–Crippen MR) is 143 cm³/mol. The average molecular weight is 531 g/mol. The van der Waals surface area contributed by atoms with Crippen molar-refractivity contribution in [1.29, 1.82) is 0 Å². The molecular weight excluding hydrogens is 494 g/mol. The minimum absolute atomic E-state index is 0.0829. The van der Waals surface area contributed by atoms with Crippen LogP contribution in [0.15, 0.2) is 30.5 Å². The van der Waals surface area contributed by atoms with Crippen molar-refractivity contribution < 1.29 is 19.0 Å². The van der Waals surface area contributed by atoms with Crippen LogP contribution in [0.5, 0.6) is 0 Å². The highest BCUT2D eigenvalue weighted by Crippen LogP contribution is 2.23. The van der Waals surface area contributed by atoms with Crippen LogP contribution in [0.25, 0.3) is 5.82 Å². The number of nitrogen functional groups attached to an aromatic ring is 1. The average Bonchev–Trinajstić information content (AvgIpc) is 3.23. The highest BCUT2D eigenvalue weighted by molar-refractivity contribution is 5.49. The molecule has 1 aromatic carbocycles. The fourth-order valence-corrected chi connectivity index (χ4v) is 4.96. The summed E-state index contributed by atoms with van der Waals surface area (Å²) in [7, 11) is 0.